The minimum atomic E-state index is -0.991. The molecule has 1 aromatic rings. The Morgan fingerprint density at radius 2 is 1.86 bits per heavy atom. The summed E-state index contributed by atoms with van der Waals surface area (Å²) in [5, 5.41) is 14.6. The van der Waals surface area contributed by atoms with Crippen molar-refractivity contribution in [2.45, 2.75) is 45.2 Å². The van der Waals surface area contributed by atoms with Crippen LogP contribution in [0, 0.1) is 5.92 Å². The van der Waals surface area contributed by atoms with Crippen LogP contribution in [0.4, 0.5) is 4.79 Å². The van der Waals surface area contributed by atoms with Gasteiger partial charge in [-0.3, -0.25) is 0 Å². The number of fused-ring (bicyclic) bond motifs is 1. The van der Waals surface area contributed by atoms with E-state index < -0.39 is 18.0 Å². The van der Waals surface area contributed by atoms with Crippen LogP contribution in [0.5, 0.6) is 0 Å². The maximum atomic E-state index is 12.0. The third kappa shape index (κ3) is 3.74. The number of carboxylic acid groups (broad SMARTS) is 1. The molecule has 0 heterocycles. The van der Waals surface area contributed by atoms with E-state index in [0.29, 0.717) is 6.42 Å². The average Bonchev–Trinajstić information content (AvgIpc) is 2.85. The van der Waals surface area contributed by atoms with Crippen LogP contribution in [0.15, 0.2) is 24.3 Å². The van der Waals surface area contributed by atoms with Crippen molar-refractivity contribution in [1.29, 1.82) is 0 Å². The maximum Gasteiger partial charge on any atom is 0.326 e. The second kappa shape index (κ2) is 6.61. The first-order chi connectivity index (χ1) is 10.0. The summed E-state index contributed by atoms with van der Waals surface area (Å²) < 4.78 is 0. The van der Waals surface area contributed by atoms with Crippen LogP contribution in [0.25, 0.3) is 0 Å². The predicted molar refractivity (Wildman–Crippen MR) is 80.2 cm³/mol. The molecule has 1 aliphatic carbocycles. The van der Waals surface area contributed by atoms with Crippen LogP contribution in [0.2, 0.25) is 0 Å². The first-order valence-electron chi connectivity index (χ1n) is 7.37. The van der Waals surface area contributed by atoms with E-state index in [1.54, 1.807) is 0 Å². The lowest BCUT2D eigenvalue weighted by atomic mass is 9.99. The second-order valence-electron chi connectivity index (χ2n) is 5.69. The SMILES string of the molecule is CCC(C)[C@H](NC(=O)NC1Cc2ccccc2C1)C(=O)O. The molecule has 114 valence electrons. The van der Waals surface area contributed by atoms with Gasteiger partial charge in [-0.25, -0.2) is 9.59 Å². The molecule has 5 heteroatoms. The van der Waals surface area contributed by atoms with Gasteiger partial charge in [0.1, 0.15) is 6.04 Å². The molecule has 0 fully saturated rings. The molecule has 1 aliphatic rings. The summed E-state index contributed by atoms with van der Waals surface area (Å²) in [7, 11) is 0. The number of benzene rings is 1. The standard InChI is InChI=1S/C16H22N2O3/c1-3-10(2)14(15(19)20)18-16(21)17-13-8-11-6-4-5-7-12(11)9-13/h4-7,10,13-14H,3,8-9H2,1-2H3,(H,19,20)(H2,17,18,21)/t10?,14-/m0/s1. The summed E-state index contributed by atoms with van der Waals surface area (Å²) in [6.07, 6.45) is 2.29. The van der Waals surface area contributed by atoms with Gasteiger partial charge in [0.05, 0.1) is 0 Å². The Morgan fingerprint density at radius 3 is 2.33 bits per heavy atom. The summed E-state index contributed by atoms with van der Waals surface area (Å²) in [4.78, 5) is 23.2. The number of carbonyl (C=O) groups is 2. The Morgan fingerprint density at radius 1 is 1.29 bits per heavy atom. The van der Waals surface area contributed by atoms with Crippen molar-refractivity contribution in [1.82, 2.24) is 10.6 Å². The van der Waals surface area contributed by atoms with Crippen LogP contribution in [0.1, 0.15) is 31.4 Å². The van der Waals surface area contributed by atoms with Crippen molar-refractivity contribution in [2.75, 3.05) is 0 Å². The topological polar surface area (TPSA) is 78.4 Å². The summed E-state index contributed by atoms with van der Waals surface area (Å²) in [6, 6.07) is 6.89. The van der Waals surface area contributed by atoms with E-state index >= 15 is 0 Å². The third-order valence-electron chi connectivity index (χ3n) is 4.15. The molecule has 2 amide bonds. The number of aliphatic carboxylic acids is 1. The quantitative estimate of drug-likeness (QED) is 0.775. The van der Waals surface area contributed by atoms with E-state index in [4.69, 9.17) is 0 Å². The fourth-order valence-corrected chi connectivity index (χ4v) is 2.71. The molecule has 3 N–H and O–H groups in total. The van der Waals surface area contributed by atoms with Gasteiger partial charge in [-0.15, -0.1) is 0 Å². The number of nitrogens with one attached hydrogen (secondary N) is 2. The Bertz CT molecular complexity index is 505. The monoisotopic (exact) mass is 290 g/mol. The van der Waals surface area contributed by atoms with Gasteiger partial charge in [-0.1, -0.05) is 44.5 Å². The van der Waals surface area contributed by atoms with E-state index in [-0.39, 0.29) is 12.0 Å². The van der Waals surface area contributed by atoms with Gasteiger partial charge in [0.15, 0.2) is 0 Å². The summed E-state index contributed by atoms with van der Waals surface area (Å²) in [5.74, 6) is -1.09. The van der Waals surface area contributed by atoms with Crippen molar-refractivity contribution >= 4 is 12.0 Å². The summed E-state index contributed by atoms with van der Waals surface area (Å²) >= 11 is 0. The molecule has 1 unspecified atom stereocenters. The van der Waals surface area contributed by atoms with Crippen molar-refractivity contribution in [3.05, 3.63) is 35.4 Å². The van der Waals surface area contributed by atoms with E-state index in [2.05, 4.69) is 22.8 Å². The molecule has 2 atom stereocenters. The highest BCUT2D eigenvalue weighted by Crippen LogP contribution is 2.21. The highest BCUT2D eigenvalue weighted by molar-refractivity contribution is 5.83. The van der Waals surface area contributed by atoms with Crippen molar-refractivity contribution < 1.29 is 14.7 Å². The van der Waals surface area contributed by atoms with Crippen LogP contribution < -0.4 is 10.6 Å². The molecule has 0 bridgehead atoms. The van der Waals surface area contributed by atoms with E-state index in [9.17, 15) is 14.7 Å². The van der Waals surface area contributed by atoms with E-state index in [1.807, 2.05) is 26.0 Å². The lowest BCUT2D eigenvalue weighted by molar-refractivity contribution is -0.140. The smallest absolute Gasteiger partial charge is 0.326 e. The zero-order chi connectivity index (χ0) is 15.4. The molecular weight excluding hydrogens is 268 g/mol. The Labute approximate surface area is 124 Å². The number of amides is 2. The van der Waals surface area contributed by atoms with E-state index in [1.165, 1.54) is 11.1 Å². The first-order valence-corrected chi connectivity index (χ1v) is 7.37. The molecule has 0 aliphatic heterocycles. The third-order valence-corrected chi connectivity index (χ3v) is 4.15. The number of carboxylic acids is 1. The van der Waals surface area contributed by atoms with Crippen molar-refractivity contribution in [3.8, 4) is 0 Å². The molecule has 0 saturated heterocycles. The Kier molecular flexibility index (Phi) is 4.83. The first kappa shape index (κ1) is 15.4. The molecule has 2 rings (SSSR count). The van der Waals surface area contributed by atoms with Crippen molar-refractivity contribution in [2.24, 2.45) is 5.92 Å². The van der Waals surface area contributed by atoms with Gasteiger partial charge in [0.25, 0.3) is 0 Å². The summed E-state index contributed by atoms with van der Waals surface area (Å²) in [5.41, 5.74) is 2.50. The summed E-state index contributed by atoms with van der Waals surface area (Å²) in [6.45, 7) is 3.73. The number of carbonyl (C=O) groups excluding carboxylic acids is 1. The van der Waals surface area contributed by atoms with Gasteiger partial charge in [-0.05, 0) is 29.9 Å². The van der Waals surface area contributed by atoms with Gasteiger partial charge in [0, 0.05) is 6.04 Å². The maximum absolute atomic E-state index is 12.0. The minimum Gasteiger partial charge on any atom is -0.480 e. The molecule has 5 nitrogen and oxygen atoms in total. The van der Waals surface area contributed by atoms with Gasteiger partial charge < -0.3 is 15.7 Å². The molecule has 0 radical (unpaired) electrons. The van der Waals surface area contributed by atoms with Crippen LogP contribution in [-0.2, 0) is 17.6 Å². The fourth-order valence-electron chi connectivity index (χ4n) is 2.71. The lowest BCUT2D eigenvalue weighted by Gasteiger charge is -2.21. The largest absolute Gasteiger partial charge is 0.480 e. The number of hydrogen-bond acceptors (Lipinski definition) is 2. The van der Waals surface area contributed by atoms with Crippen molar-refractivity contribution in [3.63, 3.8) is 0 Å². The average molecular weight is 290 g/mol. The van der Waals surface area contributed by atoms with Gasteiger partial charge >= 0.3 is 12.0 Å². The van der Waals surface area contributed by atoms with Crippen LogP contribution in [-0.4, -0.2) is 29.2 Å². The molecular formula is C16H22N2O3. The van der Waals surface area contributed by atoms with Crippen LogP contribution >= 0.6 is 0 Å². The zero-order valence-electron chi connectivity index (χ0n) is 12.4. The van der Waals surface area contributed by atoms with E-state index in [0.717, 1.165) is 12.8 Å². The normalized spacial score (nSPS) is 16.9. The Balaban J connectivity index is 1.90. The number of hydrogen-bond donors (Lipinski definition) is 3. The molecule has 1 aromatic carbocycles. The number of urea groups is 1. The highest BCUT2D eigenvalue weighted by atomic mass is 16.4. The Hall–Kier alpha value is -2.04. The molecule has 0 saturated carbocycles. The van der Waals surface area contributed by atoms with Crippen LogP contribution in [0.3, 0.4) is 0 Å². The van der Waals surface area contributed by atoms with Gasteiger partial charge in [-0.2, -0.15) is 0 Å². The number of rotatable bonds is 5. The predicted octanol–water partition coefficient (Wildman–Crippen LogP) is 1.95. The lowest BCUT2D eigenvalue weighted by Crippen LogP contribution is -2.51. The second-order valence-corrected chi connectivity index (χ2v) is 5.69. The van der Waals surface area contributed by atoms with Gasteiger partial charge in [0.2, 0.25) is 0 Å². The molecule has 0 aromatic heterocycles. The zero-order valence-corrected chi connectivity index (χ0v) is 12.4. The highest BCUT2D eigenvalue weighted by Gasteiger charge is 2.27. The minimum absolute atomic E-state index is 0.0359. The molecule has 0 spiro atoms. The molecule has 21 heavy (non-hydrogen) atoms. The fraction of sp³-hybridized carbons (Fsp3) is 0.500.